The molecule has 0 radical (unpaired) electrons. The first-order valence-corrected chi connectivity index (χ1v) is 11.1. The fourth-order valence-corrected chi connectivity index (χ4v) is 4.92. The number of aliphatic carboxylic acids is 1. The second-order valence-corrected chi connectivity index (χ2v) is 9.32. The molecular formula is C24H25N5O2S. The molecule has 0 aliphatic carbocycles. The van der Waals surface area contributed by atoms with Crippen molar-refractivity contribution in [2.75, 3.05) is 20.6 Å². The van der Waals surface area contributed by atoms with Crippen molar-refractivity contribution >= 4 is 23.0 Å². The third-order valence-electron chi connectivity index (χ3n) is 5.39. The Balaban J connectivity index is 1.86. The van der Waals surface area contributed by atoms with Gasteiger partial charge < -0.3 is 5.11 Å². The molecule has 0 fully saturated rings. The zero-order chi connectivity index (χ0) is 23.0. The SMILES string of the molecule is Cc1sc2c(c1C)C(c1ccc(C#CCN(C)C)cc1)=N[C@H](CC(=O)O)c1nnc(C)n1-2. The third-order valence-corrected chi connectivity index (χ3v) is 6.59. The molecule has 0 saturated heterocycles. The molecule has 4 rings (SSSR count). The fourth-order valence-electron chi connectivity index (χ4n) is 3.70. The summed E-state index contributed by atoms with van der Waals surface area (Å²) in [4.78, 5) is 19.8. The first kappa shape index (κ1) is 21.9. The third kappa shape index (κ3) is 4.09. The molecule has 2 aromatic heterocycles. The maximum atomic E-state index is 11.6. The van der Waals surface area contributed by atoms with E-state index in [-0.39, 0.29) is 6.42 Å². The summed E-state index contributed by atoms with van der Waals surface area (Å²) in [6.07, 6.45) is -0.150. The van der Waals surface area contributed by atoms with Crippen LogP contribution in [-0.2, 0) is 4.79 Å². The van der Waals surface area contributed by atoms with Crippen LogP contribution in [-0.4, -0.2) is 57.1 Å². The van der Waals surface area contributed by atoms with Crippen molar-refractivity contribution in [3.63, 3.8) is 0 Å². The number of aliphatic imine (C=N–C) groups is 1. The van der Waals surface area contributed by atoms with Gasteiger partial charge in [-0.15, -0.1) is 21.5 Å². The summed E-state index contributed by atoms with van der Waals surface area (Å²) in [7, 11) is 3.97. The van der Waals surface area contributed by atoms with Crippen LogP contribution in [0.2, 0.25) is 0 Å². The molecule has 3 heterocycles. The van der Waals surface area contributed by atoms with Gasteiger partial charge in [0, 0.05) is 21.6 Å². The minimum atomic E-state index is -0.921. The Morgan fingerprint density at radius 3 is 2.56 bits per heavy atom. The molecule has 0 unspecified atom stereocenters. The van der Waals surface area contributed by atoms with E-state index in [1.54, 1.807) is 11.3 Å². The number of thiophene rings is 1. The molecule has 1 aromatic carbocycles. The van der Waals surface area contributed by atoms with Gasteiger partial charge >= 0.3 is 5.97 Å². The van der Waals surface area contributed by atoms with Crippen LogP contribution in [0.4, 0.5) is 0 Å². The lowest BCUT2D eigenvalue weighted by Crippen LogP contribution is -2.11. The molecule has 0 saturated carbocycles. The quantitative estimate of drug-likeness (QED) is 0.619. The number of aryl methyl sites for hydroxylation is 2. The number of hydrogen-bond acceptors (Lipinski definition) is 6. The number of fused-ring (bicyclic) bond motifs is 3. The topological polar surface area (TPSA) is 83.6 Å². The van der Waals surface area contributed by atoms with E-state index in [4.69, 9.17) is 4.99 Å². The molecule has 1 aliphatic rings. The molecule has 0 bridgehead atoms. The normalized spacial score (nSPS) is 14.8. The van der Waals surface area contributed by atoms with E-state index in [1.807, 2.05) is 54.8 Å². The van der Waals surface area contributed by atoms with E-state index in [0.717, 1.165) is 38.8 Å². The standard InChI is InChI=1S/C24H25N5O2S/c1-14-15(2)32-24-21(14)22(18-10-8-17(9-11-18)7-6-12-28(4)5)25-19(13-20(30)31)23-27-26-16(3)29(23)24/h8-11,19H,12-13H2,1-5H3,(H,30,31)/t19-/m1/s1. The van der Waals surface area contributed by atoms with Crippen molar-refractivity contribution < 1.29 is 9.90 Å². The van der Waals surface area contributed by atoms with E-state index >= 15 is 0 Å². The van der Waals surface area contributed by atoms with Gasteiger partial charge in [-0.2, -0.15) is 0 Å². The lowest BCUT2D eigenvalue weighted by atomic mass is 9.98. The van der Waals surface area contributed by atoms with Crippen LogP contribution in [0.5, 0.6) is 0 Å². The van der Waals surface area contributed by atoms with Gasteiger partial charge in [0.15, 0.2) is 5.82 Å². The summed E-state index contributed by atoms with van der Waals surface area (Å²) in [5.41, 5.74) is 4.78. The molecule has 1 atom stereocenters. The van der Waals surface area contributed by atoms with Gasteiger partial charge in [0.1, 0.15) is 16.9 Å². The van der Waals surface area contributed by atoms with E-state index in [9.17, 15) is 9.90 Å². The average Bonchev–Trinajstić information content (AvgIpc) is 3.20. The number of rotatable bonds is 4. The molecule has 1 aliphatic heterocycles. The van der Waals surface area contributed by atoms with Crippen LogP contribution in [0, 0.1) is 32.6 Å². The van der Waals surface area contributed by atoms with Gasteiger partial charge in [0.25, 0.3) is 0 Å². The number of aromatic nitrogens is 3. The maximum absolute atomic E-state index is 11.6. The van der Waals surface area contributed by atoms with Crippen LogP contribution in [0.1, 0.15) is 51.2 Å². The molecule has 32 heavy (non-hydrogen) atoms. The van der Waals surface area contributed by atoms with Crippen molar-refractivity contribution in [1.82, 2.24) is 19.7 Å². The van der Waals surface area contributed by atoms with Crippen LogP contribution in [0.15, 0.2) is 29.3 Å². The van der Waals surface area contributed by atoms with Gasteiger partial charge in [-0.1, -0.05) is 24.0 Å². The summed E-state index contributed by atoms with van der Waals surface area (Å²) in [5, 5.41) is 19.0. The zero-order valence-corrected chi connectivity index (χ0v) is 19.6. The second kappa shape index (κ2) is 8.69. The van der Waals surface area contributed by atoms with Crippen molar-refractivity contribution in [1.29, 1.82) is 0 Å². The first-order valence-electron chi connectivity index (χ1n) is 10.3. The average molecular weight is 448 g/mol. The fraction of sp³-hybridized carbons (Fsp3) is 0.333. The lowest BCUT2D eigenvalue weighted by molar-refractivity contribution is -0.137. The Morgan fingerprint density at radius 2 is 1.91 bits per heavy atom. The van der Waals surface area contributed by atoms with E-state index in [2.05, 4.69) is 35.9 Å². The van der Waals surface area contributed by atoms with Crippen molar-refractivity contribution in [3.05, 3.63) is 63.0 Å². The lowest BCUT2D eigenvalue weighted by Gasteiger charge is -2.11. The highest BCUT2D eigenvalue weighted by atomic mass is 32.1. The smallest absolute Gasteiger partial charge is 0.306 e. The van der Waals surface area contributed by atoms with Crippen molar-refractivity contribution in [3.8, 4) is 16.8 Å². The Morgan fingerprint density at radius 1 is 1.19 bits per heavy atom. The summed E-state index contributed by atoms with van der Waals surface area (Å²) in [5.74, 6) is 6.69. The molecule has 8 heteroatoms. The Bertz CT molecular complexity index is 1270. The predicted octanol–water partition coefficient (Wildman–Crippen LogP) is 3.53. The molecule has 0 spiro atoms. The molecular weight excluding hydrogens is 422 g/mol. The second-order valence-electron chi connectivity index (χ2n) is 8.11. The highest BCUT2D eigenvalue weighted by Gasteiger charge is 2.32. The molecule has 0 amide bonds. The zero-order valence-electron chi connectivity index (χ0n) is 18.8. The molecule has 164 valence electrons. The monoisotopic (exact) mass is 447 g/mol. The predicted molar refractivity (Wildman–Crippen MR) is 126 cm³/mol. The Kier molecular flexibility index (Phi) is 5.96. The van der Waals surface area contributed by atoms with E-state index < -0.39 is 12.0 Å². The van der Waals surface area contributed by atoms with Crippen LogP contribution in [0.3, 0.4) is 0 Å². The van der Waals surface area contributed by atoms with Gasteiger partial charge in [-0.3, -0.25) is 19.3 Å². The van der Waals surface area contributed by atoms with Crippen LogP contribution < -0.4 is 0 Å². The first-order chi connectivity index (χ1) is 15.3. The highest BCUT2D eigenvalue weighted by molar-refractivity contribution is 7.15. The van der Waals surface area contributed by atoms with E-state index in [0.29, 0.717) is 12.4 Å². The minimum Gasteiger partial charge on any atom is -0.481 e. The number of carboxylic acid groups (broad SMARTS) is 1. The Labute approximate surface area is 191 Å². The number of nitrogens with zero attached hydrogens (tertiary/aromatic N) is 5. The number of hydrogen-bond donors (Lipinski definition) is 1. The summed E-state index contributed by atoms with van der Waals surface area (Å²) < 4.78 is 1.96. The highest BCUT2D eigenvalue weighted by Crippen LogP contribution is 2.39. The van der Waals surface area contributed by atoms with Crippen molar-refractivity contribution in [2.45, 2.75) is 33.2 Å². The van der Waals surface area contributed by atoms with Gasteiger partial charge in [-0.25, -0.2) is 0 Å². The van der Waals surface area contributed by atoms with Gasteiger partial charge in [0.05, 0.1) is 18.7 Å². The minimum absolute atomic E-state index is 0.150. The summed E-state index contributed by atoms with van der Waals surface area (Å²) >= 11 is 1.66. The maximum Gasteiger partial charge on any atom is 0.306 e. The van der Waals surface area contributed by atoms with E-state index in [1.165, 1.54) is 4.88 Å². The largest absolute Gasteiger partial charge is 0.481 e. The van der Waals surface area contributed by atoms with Gasteiger partial charge in [0.2, 0.25) is 0 Å². The van der Waals surface area contributed by atoms with Crippen molar-refractivity contribution in [2.24, 2.45) is 4.99 Å². The summed E-state index contributed by atoms with van der Waals surface area (Å²) in [6.45, 7) is 6.75. The summed E-state index contributed by atoms with van der Waals surface area (Å²) in [6, 6.07) is 7.36. The number of carboxylic acids is 1. The van der Waals surface area contributed by atoms with Gasteiger partial charge in [-0.05, 0) is 52.6 Å². The molecule has 7 nitrogen and oxygen atoms in total. The molecule has 1 N–H and O–H groups in total. The number of carbonyl (C=O) groups is 1. The number of benzene rings is 1. The van der Waals surface area contributed by atoms with Crippen LogP contribution in [0.25, 0.3) is 5.00 Å². The van der Waals surface area contributed by atoms with Crippen LogP contribution >= 0.6 is 11.3 Å². The molecule has 3 aromatic rings. The Hall–Kier alpha value is -3.28.